The first-order valence-corrected chi connectivity index (χ1v) is 5.70. The molecule has 0 radical (unpaired) electrons. The van der Waals surface area contributed by atoms with Gasteiger partial charge in [-0.2, -0.15) is 0 Å². The normalized spacial score (nSPS) is 22.1. The van der Waals surface area contributed by atoms with E-state index in [1.807, 2.05) is 12.2 Å². The van der Waals surface area contributed by atoms with Crippen LogP contribution in [0.2, 0.25) is 0 Å². The lowest BCUT2D eigenvalue weighted by Gasteiger charge is -2.08. The zero-order chi connectivity index (χ0) is 13.6. The number of allylic oxidation sites excluding steroid dienone is 2. The number of carbonyl (C=O) groups excluding carboxylic acids is 1. The third-order valence-corrected chi connectivity index (χ3v) is 3.44. The van der Waals surface area contributed by atoms with Gasteiger partial charge in [-0.1, -0.05) is 17.3 Å². The van der Waals surface area contributed by atoms with Gasteiger partial charge in [-0.15, -0.1) is 4.73 Å². The molecule has 2 unspecified atom stereocenters. The lowest BCUT2D eigenvalue weighted by Crippen LogP contribution is -2.21. The lowest BCUT2D eigenvalue weighted by atomic mass is 10.0. The second-order valence-electron chi connectivity index (χ2n) is 4.45. The minimum atomic E-state index is -0.864. The van der Waals surface area contributed by atoms with Crippen molar-refractivity contribution in [2.75, 3.05) is 6.54 Å². The van der Waals surface area contributed by atoms with Gasteiger partial charge in [-0.3, -0.25) is 0 Å². The molecule has 0 saturated heterocycles. The first-order valence-electron chi connectivity index (χ1n) is 5.70. The molecule has 0 aliphatic heterocycles. The van der Waals surface area contributed by atoms with Crippen LogP contribution >= 0.6 is 0 Å². The highest BCUT2D eigenvalue weighted by Crippen LogP contribution is 2.56. The molecule has 1 heterocycles. The summed E-state index contributed by atoms with van der Waals surface area (Å²) >= 11 is 0. The van der Waals surface area contributed by atoms with Crippen LogP contribution in [-0.4, -0.2) is 27.5 Å². The van der Waals surface area contributed by atoms with E-state index in [1.165, 1.54) is 0 Å². The van der Waals surface area contributed by atoms with Gasteiger partial charge < -0.3 is 15.1 Å². The molecule has 0 spiro atoms. The van der Waals surface area contributed by atoms with E-state index in [0.29, 0.717) is 15.9 Å². The molecule has 0 fully saturated rings. The maximum absolute atomic E-state index is 11.3. The van der Waals surface area contributed by atoms with Crippen molar-refractivity contribution in [1.29, 1.82) is 0 Å². The van der Waals surface area contributed by atoms with Crippen LogP contribution in [0.3, 0.4) is 0 Å². The quantitative estimate of drug-likeness (QED) is 0.369. The Morgan fingerprint density at radius 2 is 2.00 bits per heavy atom. The van der Waals surface area contributed by atoms with Crippen molar-refractivity contribution >= 4 is 5.97 Å². The monoisotopic (exact) mass is 262 g/mol. The minimum Gasteiger partial charge on any atom is -0.492 e. The Bertz CT molecular complexity index is 606. The average molecular weight is 262 g/mol. The van der Waals surface area contributed by atoms with Gasteiger partial charge in [0.2, 0.25) is 11.8 Å². The van der Waals surface area contributed by atoms with E-state index in [9.17, 15) is 15.0 Å². The van der Waals surface area contributed by atoms with Crippen LogP contribution in [0, 0.1) is 0 Å². The average Bonchev–Trinajstić information content (AvgIpc) is 3.06. The standard InChI is InChI=1S/C11H10N4O4/c12-14-13-4-7(16)19-15-10(17)8-5-1-2-6(3-5)9(8)11(15)18/h1-2,5-6,17-18H,3-4H2. The van der Waals surface area contributed by atoms with E-state index in [4.69, 9.17) is 10.4 Å². The van der Waals surface area contributed by atoms with Gasteiger partial charge >= 0.3 is 5.97 Å². The number of azide groups is 1. The van der Waals surface area contributed by atoms with Crippen molar-refractivity contribution in [3.63, 3.8) is 0 Å². The fourth-order valence-electron chi connectivity index (χ4n) is 2.72. The number of rotatable bonds is 3. The van der Waals surface area contributed by atoms with Crippen LogP contribution < -0.4 is 4.84 Å². The van der Waals surface area contributed by atoms with Crippen LogP contribution in [0.15, 0.2) is 17.3 Å². The Labute approximate surface area is 107 Å². The van der Waals surface area contributed by atoms with Crippen LogP contribution in [0.1, 0.15) is 29.4 Å². The van der Waals surface area contributed by atoms with E-state index in [-0.39, 0.29) is 23.6 Å². The zero-order valence-corrected chi connectivity index (χ0v) is 9.72. The van der Waals surface area contributed by atoms with Crippen LogP contribution in [-0.2, 0) is 4.79 Å². The number of nitrogens with zero attached hydrogens (tertiary/aromatic N) is 4. The largest absolute Gasteiger partial charge is 0.492 e. The lowest BCUT2D eigenvalue weighted by molar-refractivity contribution is -0.143. The number of fused-ring (bicyclic) bond motifs is 5. The van der Waals surface area contributed by atoms with E-state index in [0.717, 1.165) is 6.42 Å². The van der Waals surface area contributed by atoms with Gasteiger partial charge in [0, 0.05) is 27.9 Å². The Morgan fingerprint density at radius 1 is 1.42 bits per heavy atom. The molecular weight excluding hydrogens is 252 g/mol. The fourth-order valence-corrected chi connectivity index (χ4v) is 2.72. The number of aromatic nitrogens is 1. The predicted octanol–water partition coefficient (Wildman–Crippen LogP) is 1.31. The second kappa shape index (κ2) is 3.96. The molecule has 3 rings (SSSR count). The fraction of sp³-hybridized carbons (Fsp3) is 0.364. The molecule has 1 aromatic heterocycles. The molecule has 1 aromatic rings. The highest BCUT2D eigenvalue weighted by Gasteiger charge is 2.41. The summed E-state index contributed by atoms with van der Waals surface area (Å²) < 4.78 is 0.687. The van der Waals surface area contributed by atoms with Crippen LogP contribution in [0.25, 0.3) is 10.4 Å². The Balaban J connectivity index is 1.93. The second-order valence-corrected chi connectivity index (χ2v) is 4.45. The molecule has 2 aliphatic rings. The molecule has 98 valence electrons. The number of carbonyl (C=O) groups is 1. The van der Waals surface area contributed by atoms with Gasteiger partial charge in [0.25, 0.3) is 0 Å². The summed E-state index contributed by atoms with van der Waals surface area (Å²) in [5.41, 5.74) is 9.30. The van der Waals surface area contributed by atoms with Crippen molar-refractivity contribution in [1.82, 2.24) is 4.73 Å². The van der Waals surface area contributed by atoms with Crippen molar-refractivity contribution in [2.45, 2.75) is 18.3 Å². The molecule has 2 N–H and O–H groups in total. The molecule has 19 heavy (non-hydrogen) atoms. The topological polar surface area (TPSA) is 120 Å². The van der Waals surface area contributed by atoms with Gasteiger partial charge in [0.05, 0.1) is 0 Å². The Kier molecular flexibility index (Phi) is 2.39. The Hall–Kier alpha value is -2.60. The molecule has 0 amide bonds. The Morgan fingerprint density at radius 3 is 2.53 bits per heavy atom. The molecule has 2 aliphatic carbocycles. The SMILES string of the molecule is [N-]=[N+]=NCC(=O)On1c(O)c2c(c1O)C1C=CC2C1. The molecule has 2 atom stereocenters. The molecule has 0 saturated carbocycles. The van der Waals surface area contributed by atoms with E-state index >= 15 is 0 Å². The molecule has 0 aromatic carbocycles. The predicted molar refractivity (Wildman–Crippen MR) is 62.6 cm³/mol. The number of aromatic hydroxyl groups is 2. The first-order chi connectivity index (χ1) is 9.13. The van der Waals surface area contributed by atoms with Crippen LogP contribution in [0.4, 0.5) is 0 Å². The van der Waals surface area contributed by atoms with Gasteiger partial charge in [0.15, 0.2) is 0 Å². The highest BCUT2D eigenvalue weighted by molar-refractivity contribution is 5.72. The number of hydrogen-bond acceptors (Lipinski definition) is 5. The summed E-state index contributed by atoms with van der Waals surface area (Å²) in [6.45, 7) is -0.511. The van der Waals surface area contributed by atoms with E-state index in [1.54, 1.807) is 0 Å². The summed E-state index contributed by atoms with van der Waals surface area (Å²) in [6.07, 6.45) is 4.73. The summed E-state index contributed by atoms with van der Waals surface area (Å²) in [4.78, 5) is 18.5. The zero-order valence-electron chi connectivity index (χ0n) is 9.72. The summed E-state index contributed by atoms with van der Waals surface area (Å²) in [5, 5.41) is 23.1. The van der Waals surface area contributed by atoms with Crippen molar-refractivity contribution in [3.05, 3.63) is 33.7 Å². The number of hydrogen-bond donors (Lipinski definition) is 2. The van der Waals surface area contributed by atoms with E-state index < -0.39 is 12.5 Å². The third kappa shape index (κ3) is 1.54. The van der Waals surface area contributed by atoms with Crippen molar-refractivity contribution in [3.8, 4) is 11.8 Å². The summed E-state index contributed by atoms with van der Waals surface area (Å²) in [5.74, 6) is -1.33. The molecule has 8 nitrogen and oxygen atoms in total. The summed E-state index contributed by atoms with van der Waals surface area (Å²) in [6, 6.07) is 0. The van der Waals surface area contributed by atoms with Gasteiger partial charge in [0.1, 0.15) is 6.54 Å². The molecule has 8 heteroatoms. The van der Waals surface area contributed by atoms with Gasteiger partial charge in [-0.25, -0.2) is 4.79 Å². The third-order valence-electron chi connectivity index (χ3n) is 3.44. The van der Waals surface area contributed by atoms with Crippen molar-refractivity contribution in [2.24, 2.45) is 5.11 Å². The maximum atomic E-state index is 11.3. The maximum Gasteiger partial charge on any atom is 0.339 e. The molecular formula is C11H10N4O4. The van der Waals surface area contributed by atoms with Crippen molar-refractivity contribution < 1.29 is 19.8 Å². The summed E-state index contributed by atoms with van der Waals surface area (Å²) in [7, 11) is 0. The van der Waals surface area contributed by atoms with Gasteiger partial charge in [-0.05, 0) is 12.0 Å². The van der Waals surface area contributed by atoms with Crippen LogP contribution in [0.5, 0.6) is 11.8 Å². The highest BCUT2D eigenvalue weighted by atomic mass is 16.7. The molecule has 2 bridgehead atoms. The smallest absolute Gasteiger partial charge is 0.339 e. The minimum absolute atomic E-state index is 0.0444. The van der Waals surface area contributed by atoms with E-state index in [2.05, 4.69) is 10.0 Å². The first kappa shape index (κ1) is 11.5.